The maximum absolute atomic E-state index is 12.4. The number of carbonyl (C=O) groups excluding carboxylic acids is 3. The van der Waals surface area contributed by atoms with Crippen LogP contribution in [0, 0.1) is 13.8 Å². The molecule has 1 aliphatic rings. The van der Waals surface area contributed by atoms with E-state index in [1.165, 1.54) is 0 Å². The summed E-state index contributed by atoms with van der Waals surface area (Å²) < 4.78 is 0. The summed E-state index contributed by atoms with van der Waals surface area (Å²) in [6, 6.07) is 7.34. The zero-order chi connectivity index (χ0) is 17.3. The molecule has 1 aromatic carbocycles. The highest BCUT2D eigenvalue weighted by molar-refractivity contribution is 6.35. The maximum atomic E-state index is 12.4. The zero-order valence-electron chi connectivity index (χ0n) is 13.5. The number of nitrogens with one attached hydrogen (secondary N) is 3. The number of amides is 3. The van der Waals surface area contributed by atoms with Gasteiger partial charge in [0.2, 0.25) is 0 Å². The first-order valence-electron chi connectivity index (χ1n) is 7.73. The smallest absolute Gasteiger partial charge is 0.327 e. The van der Waals surface area contributed by atoms with E-state index < -0.39 is 17.7 Å². The third kappa shape index (κ3) is 3.51. The standard InChI is InChI=1S/C17H18N4O3/c1-9-3-6-14-12(7-9)13(8-10(2)18-14)15(22)20-21-17(24)16(23)19-11-4-5-11/h3,6-8,11H,4-5H2,1-2H3,(H,19,23)(H,20,22)(H,21,24). The van der Waals surface area contributed by atoms with Crippen molar-refractivity contribution in [1.82, 2.24) is 21.2 Å². The van der Waals surface area contributed by atoms with Crippen LogP contribution in [0.4, 0.5) is 0 Å². The Bertz CT molecular complexity index is 843. The monoisotopic (exact) mass is 326 g/mol. The van der Waals surface area contributed by atoms with Crippen LogP contribution in [0.15, 0.2) is 24.3 Å². The molecule has 0 atom stereocenters. The average molecular weight is 326 g/mol. The largest absolute Gasteiger partial charge is 0.345 e. The average Bonchev–Trinajstić information content (AvgIpc) is 3.35. The summed E-state index contributed by atoms with van der Waals surface area (Å²) in [4.78, 5) is 40.0. The predicted octanol–water partition coefficient (Wildman–Crippen LogP) is 0.891. The molecule has 3 rings (SSSR count). The van der Waals surface area contributed by atoms with Gasteiger partial charge in [-0.3, -0.25) is 30.2 Å². The predicted molar refractivity (Wildman–Crippen MR) is 88.0 cm³/mol. The fourth-order valence-corrected chi connectivity index (χ4v) is 2.38. The maximum Gasteiger partial charge on any atom is 0.327 e. The van der Waals surface area contributed by atoms with Gasteiger partial charge in [-0.05, 0) is 44.9 Å². The summed E-state index contributed by atoms with van der Waals surface area (Å²) in [5.41, 5.74) is 7.20. The third-order valence-electron chi connectivity index (χ3n) is 3.75. The second kappa shape index (κ2) is 6.27. The summed E-state index contributed by atoms with van der Waals surface area (Å²) in [6.07, 6.45) is 1.76. The van der Waals surface area contributed by atoms with Crippen LogP contribution in [0.3, 0.4) is 0 Å². The van der Waals surface area contributed by atoms with Crippen LogP contribution in [-0.4, -0.2) is 28.7 Å². The molecule has 124 valence electrons. The summed E-state index contributed by atoms with van der Waals surface area (Å²) in [5.74, 6) is -2.13. The van der Waals surface area contributed by atoms with Crippen molar-refractivity contribution in [1.29, 1.82) is 0 Å². The first kappa shape index (κ1) is 15.9. The Morgan fingerprint density at radius 3 is 2.50 bits per heavy atom. The second-order valence-corrected chi connectivity index (χ2v) is 5.99. The molecular formula is C17H18N4O3. The van der Waals surface area contributed by atoms with E-state index in [1.807, 2.05) is 25.1 Å². The van der Waals surface area contributed by atoms with Gasteiger partial charge in [0, 0.05) is 17.1 Å². The molecule has 1 saturated carbocycles. The minimum atomic E-state index is -0.887. The van der Waals surface area contributed by atoms with Crippen molar-refractivity contribution in [2.45, 2.75) is 32.7 Å². The highest BCUT2D eigenvalue weighted by atomic mass is 16.2. The molecule has 0 saturated heterocycles. The molecule has 2 aromatic rings. The van der Waals surface area contributed by atoms with E-state index in [0.717, 1.165) is 18.4 Å². The molecular weight excluding hydrogens is 308 g/mol. The summed E-state index contributed by atoms with van der Waals surface area (Å²) in [5, 5.41) is 3.24. The van der Waals surface area contributed by atoms with E-state index >= 15 is 0 Å². The normalized spacial score (nSPS) is 13.4. The number of aromatic nitrogens is 1. The van der Waals surface area contributed by atoms with Gasteiger partial charge in [-0.2, -0.15) is 0 Å². The highest BCUT2D eigenvalue weighted by Crippen LogP contribution is 2.20. The SMILES string of the molecule is Cc1ccc2nc(C)cc(C(=O)NNC(=O)C(=O)NC3CC3)c2c1. The van der Waals surface area contributed by atoms with E-state index in [9.17, 15) is 14.4 Å². The lowest BCUT2D eigenvalue weighted by Crippen LogP contribution is -2.49. The Labute approximate surface area is 138 Å². The summed E-state index contributed by atoms with van der Waals surface area (Å²) in [7, 11) is 0. The minimum Gasteiger partial charge on any atom is -0.345 e. The molecule has 0 unspecified atom stereocenters. The Balaban J connectivity index is 1.74. The van der Waals surface area contributed by atoms with E-state index in [4.69, 9.17) is 0 Å². The molecule has 0 radical (unpaired) electrons. The first-order chi connectivity index (χ1) is 11.4. The number of pyridine rings is 1. The van der Waals surface area contributed by atoms with Crippen LogP contribution in [0.25, 0.3) is 10.9 Å². The molecule has 3 amide bonds. The molecule has 1 aromatic heterocycles. The van der Waals surface area contributed by atoms with Crippen molar-refractivity contribution in [3.8, 4) is 0 Å². The number of fused-ring (bicyclic) bond motifs is 1. The van der Waals surface area contributed by atoms with Gasteiger partial charge in [0.25, 0.3) is 5.91 Å². The van der Waals surface area contributed by atoms with Crippen molar-refractivity contribution < 1.29 is 14.4 Å². The highest BCUT2D eigenvalue weighted by Gasteiger charge is 2.26. The number of hydrogen-bond acceptors (Lipinski definition) is 4. The van der Waals surface area contributed by atoms with Crippen molar-refractivity contribution in [3.63, 3.8) is 0 Å². The van der Waals surface area contributed by atoms with E-state index in [2.05, 4.69) is 21.2 Å². The van der Waals surface area contributed by atoms with Gasteiger partial charge in [-0.25, -0.2) is 0 Å². The van der Waals surface area contributed by atoms with Gasteiger partial charge >= 0.3 is 11.8 Å². The van der Waals surface area contributed by atoms with Crippen molar-refractivity contribution in [3.05, 3.63) is 41.1 Å². The number of benzene rings is 1. The van der Waals surface area contributed by atoms with Gasteiger partial charge in [0.15, 0.2) is 0 Å². The number of hydrogen-bond donors (Lipinski definition) is 3. The third-order valence-corrected chi connectivity index (χ3v) is 3.75. The molecule has 1 heterocycles. The molecule has 7 heteroatoms. The van der Waals surface area contributed by atoms with Crippen LogP contribution in [0.5, 0.6) is 0 Å². The number of rotatable bonds is 2. The molecule has 0 spiro atoms. The van der Waals surface area contributed by atoms with Crippen LogP contribution < -0.4 is 16.2 Å². The quantitative estimate of drug-likeness (QED) is 0.564. The summed E-state index contributed by atoms with van der Waals surface area (Å²) >= 11 is 0. The molecule has 3 N–H and O–H groups in total. The minimum absolute atomic E-state index is 0.0775. The van der Waals surface area contributed by atoms with Crippen LogP contribution in [0.2, 0.25) is 0 Å². The summed E-state index contributed by atoms with van der Waals surface area (Å²) in [6.45, 7) is 3.71. The molecule has 1 fully saturated rings. The van der Waals surface area contributed by atoms with Crippen molar-refractivity contribution >= 4 is 28.6 Å². The van der Waals surface area contributed by atoms with Gasteiger partial charge in [0.05, 0.1) is 11.1 Å². The number of nitrogens with zero attached hydrogens (tertiary/aromatic N) is 1. The fourth-order valence-electron chi connectivity index (χ4n) is 2.38. The number of aryl methyl sites for hydroxylation is 2. The number of carbonyl (C=O) groups is 3. The Kier molecular flexibility index (Phi) is 4.16. The van der Waals surface area contributed by atoms with Crippen LogP contribution >= 0.6 is 0 Å². The fraction of sp³-hybridized carbons (Fsp3) is 0.294. The van der Waals surface area contributed by atoms with E-state index in [-0.39, 0.29) is 6.04 Å². The van der Waals surface area contributed by atoms with Crippen molar-refractivity contribution in [2.75, 3.05) is 0 Å². The molecule has 1 aliphatic carbocycles. The lowest BCUT2D eigenvalue weighted by molar-refractivity contribution is -0.139. The van der Waals surface area contributed by atoms with Crippen LogP contribution in [-0.2, 0) is 9.59 Å². The Morgan fingerprint density at radius 1 is 1.04 bits per heavy atom. The topological polar surface area (TPSA) is 100 Å². The number of hydrazine groups is 1. The molecule has 0 aliphatic heterocycles. The zero-order valence-corrected chi connectivity index (χ0v) is 13.5. The molecule has 24 heavy (non-hydrogen) atoms. The Hall–Kier alpha value is -2.96. The first-order valence-corrected chi connectivity index (χ1v) is 7.73. The van der Waals surface area contributed by atoms with Gasteiger partial charge in [-0.15, -0.1) is 0 Å². The lowest BCUT2D eigenvalue weighted by Gasteiger charge is -2.10. The second-order valence-electron chi connectivity index (χ2n) is 5.99. The molecule has 0 bridgehead atoms. The lowest BCUT2D eigenvalue weighted by atomic mass is 10.0. The van der Waals surface area contributed by atoms with E-state index in [1.54, 1.807) is 13.0 Å². The Morgan fingerprint density at radius 2 is 1.79 bits per heavy atom. The van der Waals surface area contributed by atoms with E-state index in [0.29, 0.717) is 22.2 Å². The van der Waals surface area contributed by atoms with Gasteiger partial charge in [0.1, 0.15) is 0 Å². The van der Waals surface area contributed by atoms with Gasteiger partial charge in [-0.1, -0.05) is 11.6 Å². The van der Waals surface area contributed by atoms with Gasteiger partial charge < -0.3 is 5.32 Å². The van der Waals surface area contributed by atoms with Crippen LogP contribution in [0.1, 0.15) is 34.5 Å². The van der Waals surface area contributed by atoms with Crippen molar-refractivity contribution in [2.24, 2.45) is 0 Å². The molecule has 7 nitrogen and oxygen atoms in total.